The molecule has 1 aromatic rings. The first kappa shape index (κ1) is 15.0. The Morgan fingerprint density at radius 1 is 1.45 bits per heavy atom. The van der Waals surface area contributed by atoms with Gasteiger partial charge in [-0.2, -0.15) is 0 Å². The smallest absolute Gasteiger partial charge is 0.257 e. The lowest BCUT2D eigenvalue weighted by Gasteiger charge is -2.31. The number of rotatable bonds is 3. The molecule has 1 amide bonds. The standard InChI is InChI=1S/C12H19N3O4S/c1-8-11(9(2)19-14-8)12(16)13-10-5-4-6-15(7-10)20(3,17)18/h10H,4-7H2,1-3H3,(H,13,16). The summed E-state index contributed by atoms with van der Waals surface area (Å²) in [6, 6.07) is -0.181. The van der Waals surface area contributed by atoms with Gasteiger partial charge in [-0.3, -0.25) is 4.79 Å². The van der Waals surface area contributed by atoms with Gasteiger partial charge < -0.3 is 9.84 Å². The molecular weight excluding hydrogens is 282 g/mol. The number of carbonyl (C=O) groups excluding carboxylic acids is 1. The first-order valence-electron chi connectivity index (χ1n) is 6.48. The predicted molar refractivity (Wildman–Crippen MR) is 72.9 cm³/mol. The maximum Gasteiger partial charge on any atom is 0.257 e. The molecule has 1 unspecified atom stereocenters. The van der Waals surface area contributed by atoms with Crippen LogP contribution in [0.15, 0.2) is 4.52 Å². The number of nitrogens with zero attached hydrogens (tertiary/aromatic N) is 2. The van der Waals surface area contributed by atoms with Crippen LogP contribution in [0.4, 0.5) is 0 Å². The van der Waals surface area contributed by atoms with Crippen LogP contribution in [0.3, 0.4) is 0 Å². The Morgan fingerprint density at radius 2 is 2.15 bits per heavy atom. The molecule has 7 nitrogen and oxygen atoms in total. The number of nitrogens with one attached hydrogen (secondary N) is 1. The van der Waals surface area contributed by atoms with Crippen molar-refractivity contribution in [1.82, 2.24) is 14.8 Å². The average Bonchev–Trinajstić information content (AvgIpc) is 2.68. The second-order valence-corrected chi connectivity index (χ2v) is 7.12. The van der Waals surface area contributed by atoms with Crippen molar-refractivity contribution in [3.05, 3.63) is 17.0 Å². The normalized spacial score (nSPS) is 20.9. The number of aromatic nitrogens is 1. The van der Waals surface area contributed by atoms with E-state index in [1.54, 1.807) is 13.8 Å². The van der Waals surface area contributed by atoms with Crippen molar-refractivity contribution in [3.63, 3.8) is 0 Å². The molecule has 1 aromatic heterocycles. The molecule has 0 aliphatic carbocycles. The molecule has 2 rings (SSSR count). The van der Waals surface area contributed by atoms with Crippen LogP contribution in [0.2, 0.25) is 0 Å². The summed E-state index contributed by atoms with van der Waals surface area (Å²) in [6.07, 6.45) is 2.69. The van der Waals surface area contributed by atoms with Crippen molar-refractivity contribution in [2.75, 3.05) is 19.3 Å². The van der Waals surface area contributed by atoms with Crippen LogP contribution >= 0.6 is 0 Å². The first-order chi connectivity index (χ1) is 9.29. The highest BCUT2D eigenvalue weighted by Gasteiger charge is 2.28. The number of piperidine rings is 1. The number of carbonyl (C=O) groups is 1. The SMILES string of the molecule is Cc1noc(C)c1C(=O)NC1CCCN(S(C)(=O)=O)C1. The number of sulfonamides is 1. The van der Waals surface area contributed by atoms with Gasteiger partial charge in [0.25, 0.3) is 5.91 Å². The zero-order valence-corrected chi connectivity index (χ0v) is 12.7. The molecular formula is C12H19N3O4S. The molecule has 0 bridgehead atoms. The minimum atomic E-state index is -3.21. The molecule has 0 radical (unpaired) electrons. The molecule has 8 heteroatoms. The largest absolute Gasteiger partial charge is 0.361 e. The summed E-state index contributed by atoms with van der Waals surface area (Å²) in [7, 11) is -3.21. The Morgan fingerprint density at radius 3 is 2.70 bits per heavy atom. The second-order valence-electron chi connectivity index (χ2n) is 5.13. The van der Waals surface area contributed by atoms with Crippen molar-refractivity contribution in [1.29, 1.82) is 0 Å². The number of aryl methyl sites for hydroxylation is 2. The van der Waals surface area contributed by atoms with E-state index in [0.29, 0.717) is 30.1 Å². The van der Waals surface area contributed by atoms with Gasteiger partial charge in [0.1, 0.15) is 11.3 Å². The third kappa shape index (κ3) is 3.18. The van der Waals surface area contributed by atoms with Gasteiger partial charge in [0.2, 0.25) is 10.0 Å². The number of hydrogen-bond acceptors (Lipinski definition) is 5. The third-order valence-electron chi connectivity index (χ3n) is 3.45. The van der Waals surface area contributed by atoms with E-state index in [4.69, 9.17) is 4.52 Å². The Hall–Kier alpha value is -1.41. The summed E-state index contributed by atoms with van der Waals surface area (Å²) in [6.45, 7) is 4.21. The molecule has 2 heterocycles. The van der Waals surface area contributed by atoms with E-state index in [0.717, 1.165) is 12.8 Å². The summed E-state index contributed by atoms with van der Waals surface area (Å²) < 4.78 is 29.4. The highest BCUT2D eigenvalue weighted by Crippen LogP contribution is 2.16. The lowest BCUT2D eigenvalue weighted by molar-refractivity contribution is 0.0919. The van der Waals surface area contributed by atoms with Gasteiger partial charge in [-0.1, -0.05) is 5.16 Å². The van der Waals surface area contributed by atoms with Crippen LogP contribution in [-0.4, -0.2) is 49.2 Å². The Labute approximate surface area is 118 Å². The molecule has 1 fully saturated rings. The zero-order chi connectivity index (χ0) is 14.9. The van der Waals surface area contributed by atoms with Gasteiger partial charge in [-0.05, 0) is 26.7 Å². The molecule has 0 aromatic carbocycles. The van der Waals surface area contributed by atoms with Crippen molar-refractivity contribution < 1.29 is 17.7 Å². The van der Waals surface area contributed by atoms with Gasteiger partial charge in [-0.15, -0.1) is 0 Å². The maximum atomic E-state index is 12.2. The van der Waals surface area contributed by atoms with Crippen LogP contribution in [0.5, 0.6) is 0 Å². The Bertz CT molecular complexity index is 589. The minimum Gasteiger partial charge on any atom is -0.361 e. The fraction of sp³-hybridized carbons (Fsp3) is 0.667. The van der Waals surface area contributed by atoms with Crippen LogP contribution in [0.25, 0.3) is 0 Å². The maximum absolute atomic E-state index is 12.2. The zero-order valence-electron chi connectivity index (χ0n) is 11.8. The first-order valence-corrected chi connectivity index (χ1v) is 8.32. The average molecular weight is 301 g/mol. The molecule has 1 saturated heterocycles. The predicted octanol–water partition coefficient (Wildman–Crippen LogP) is 0.445. The summed E-state index contributed by atoms with van der Waals surface area (Å²) in [5.41, 5.74) is 0.970. The van der Waals surface area contributed by atoms with Crippen molar-refractivity contribution in [2.24, 2.45) is 0 Å². The van der Waals surface area contributed by atoms with E-state index in [1.165, 1.54) is 10.6 Å². The summed E-state index contributed by atoms with van der Waals surface area (Å²) >= 11 is 0. The van der Waals surface area contributed by atoms with E-state index in [9.17, 15) is 13.2 Å². The quantitative estimate of drug-likeness (QED) is 0.875. The van der Waals surface area contributed by atoms with Gasteiger partial charge in [0.15, 0.2) is 0 Å². The van der Waals surface area contributed by atoms with E-state index in [2.05, 4.69) is 10.5 Å². The highest BCUT2D eigenvalue weighted by molar-refractivity contribution is 7.88. The lowest BCUT2D eigenvalue weighted by atomic mass is 10.1. The molecule has 1 aliphatic rings. The molecule has 0 spiro atoms. The molecule has 1 atom stereocenters. The van der Waals surface area contributed by atoms with Crippen LogP contribution in [-0.2, 0) is 10.0 Å². The number of amides is 1. The van der Waals surface area contributed by atoms with Crippen LogP contribution in [0, 0.1) is 13.8 Å². The third-order valence-corrected chi connectivity index (χ3v) is 4.72. The molecule has 112 valence electrons. The van der Waals surface area contributed by atoms with Gasteiger partial charge in [-0.25, -0.2) is 12.7 Å². The molecule has 1 aliphatic heterocycles. The number of hydrogen-bond donors (Lipinski definition) is 1. The Kier molecular flexibility index (Phi) is 4.14. The molecule has 1 N–H and O–H groups in total. The summed E-state index contributed by atoms with van der Waals surface area (Å²) in [5.74, 6) is 0.206. The molecule has 20 heavy (non-hydrogen) atoms. The highest BCUT2D eigenvalue weighted by atomic mass is 32.2. The second kappa shape index (κ2) is 5.53. The van der Waals surface area contributed by atoms with Gasteiger partial charge >= 0.3 is 0 Å². The van der Waals surface area contributed by atoms with Crippen LogP contribution < -0.4 is 5.32 Å². The molecule has 0 saturated carbocycles. The van der Waals surface area contributed by atoms with E-state index < -0.39 is 10.0 Å². The van der Waals surface area contributed by atoms with Crippen molar-refractivity contribution in [2.45, 2.75) is 32.7 Å². The monoisotopic (exact) mass is 301 g/mol. The van der Waals surface area contributed by atoms with E-state index >= 15 is 0 Å². The van der Waals surface area contributed by atoms with Crippen molar-refractivity contribution >= 4 is 15.9 Å². The lowest BCUT2D eigenvalue weighted by Crippen LogP contribution is -2.49. The summed E-state index contributed by atoms with van der Waals surface area (Å²) in [4.78, 5) is 12.2. The fourth-order valence-corrected chi connectivity index (χ4v) is 3.34. The minimum absolute atomic E-state index is 0.181. The van der Waals surface area contributed by atoms with Crippen LogP contribution in [0.1, 0.15) is 34.7 Å². The van der Waals surface area contributed by atoms with Gasteiger partial charge in [0.05, 0.1) is 11.9 Å². The topological polar surface area (TPSA) is 92.5 Å². The van der Waals surface area contributed by atoms with E-state index in [1.807, 2.05) is 0 Å². The van der Waals surface area contributed by atoms with E-state index in [-0.39, 0.29) is 11.9 Å². The Balaban J connectivity index is 2.05. The summed E-state index contributed by atoms with van der Waals surface area (Å²) in [5, 5.41) is 6.60. The van der Waals surface area contributed by atoms with Gasteiger partial charge in [0, 0.05) is 19.1 Å². The fourth-order valence-electron chi connectivity index (χ4n) is 2.43. The van der Waals surface area contributed by atoms with Crippen molar-refractivity contribution in [3.8, 4) is 0 Å².